The number of rotatable bonds is 3. The molecule has 1 N–H and O–H groups in total. The maximum Gasteiger partial charge on any atom is 0.341 e. The quantitative estimate of drug-likeness (QED) is 0.945. The third kappa shape index (κ3) is 2.47. The highest BCUT2D eigenvalue weighted by Crippen LogP contribution is 2.20. The summed E-state index contributed by atoms with van der Waals surface area (Å²) >= 11 is 5.83. The van der Waals surface area contributed by atoms with Crippen LogP contribution in [-0.4, -0.2) is 15.6 Å². The third-order valence-corrected chi connectivity index (χ3v) is 3.51. The minimum atomic E-state index is -1.20. The molecule has 0 fully saturated rings. The Kier molecular flexibility index (Phi) is 3.95. The highest BCUT2D eigenvalue weighted by molar-refractivity contribution is 6.30. The topological polar surface area (TPSA) is 59.3 Å². The smallest absolute Gasteiger partial charge is 0.341 e. The fraction of sp³-hybridized carbons (Fsp3) is 0.200. The van der Waals surface area contributed by atoms with Crippen molar-refractivity contribution in [2.75, 3.05) is 0 Å². The summed E-state index contributed by atoms with van der Waals surface area (Å²) in [4.78, 5) is 23.7. The van der Waals surface area contributed by atoms with Gasteiger partial charge in [-0.1, -0.05) is 23.7 Å². The van der Waals surface area contributed by atoms with Crippen molar-refractivity contribution in [2.45, 2.75) is 20.4 Å². The molecule has 0 saturated heterocycles. The molecule has 4 nitrogen and oxygen atoms in total. The van der Waals surface area contributed by atoms with E-state index in [0.717, 1.165) is 0 Å². The maximum absolute atomic E-state index is 12.4. The maximum atomic E-state index is 12.4. The normalized spacial score (nSPS) is 10.6. The van der Waals surface area contributed by atoms with E-state index in [4.69, 9.17) is 11.6 Å². The van der Waals surface area contributed by atoms with Gasteiger partial charge in [0, 0.05) is 29.0 Å². The molecule has 1 heterocycles. The zero-order valence-corrected chi connectivity index (χ0v) is 11.9. The van der Waals surface area contributed by atoms with Crippen LogP contribution >= 0.6 is 11.6 Å². The van der Waals surface area contributed by atoms with Gasteiger partial charge < -0.3 is 9.67 Å². The van der Waals surface area contributed by atoms with E-state index < -0.39 is 11.4 Å². The van der Waals surface area contributed by atoms with Gasteiger partial charge in [-0.15, -0.1) is 0 Å². The van der Waals surface area contributed by atoms with Crippen LogP contribution in [0.2, 0.25) is 5.02 Å². The molecule has 0 amide bonds. The Balaban J connectivity index is 2.77. The predicted octanol–water partition coefficient (Wildman–Crippen LogP) is 3.20. The van der Waals surface area contributed by atoms with Gasteiger partial charge in [-0.05, 0) is 31.5 Å². The van der Waals surface area contributed by atoms with Crippen molar-refractivity contribution in [1.29, 1.82) is 0 Å². The van der Waals surface area contributed by atoms with Crippen LogP contribution in [0.15, 0.2) is 35.3 Å². The number of hydrogen-bond donors (Lipinski definition) is 1. The van der Waals surface area contributed by atoms with Crippen LogP contribution in [0.3, 0.4) is 0 Å². The SMILES string of the molecule is CCn1cc(-c2ccc(Cl)cc2)c(=O)c(C(=O)O)c1C. The number of aryl methyl sites for hydroxylation is 1. The first-order valence-corrected chi connectivity index (χ1v) is 6.56. The Morgan fingerprint density at radius 1 is 1.30 bits per heavy atom. The van der Waals surface area contributed by atoms with Crippen LogP contribution < -0.4 is 5.43 Å². The molecule has 0 unspecified atom stereocenters. The number of hydrogen-bond acceptors (Lipinski definition) is 2. The predicted molar refractivity (Wildman–Crippen MR) is 78.5 cm³/mol. The van der Waals surface area contributed by atoms with Gasteiger partial charge in [0.25, 0.3) is 0 Å². The van der Waals surface area contributed by atoms with Crippen molar-refractivity contribution < 1.29 is 9.90 Å². The summed E-state index contributed by atoms with van der Waals surface area (Å²) in [5.41, 5.74) is 0.833. The summed E-state index contributed by atoms with van der Waals surface area (Å²) in [6.45, 7) is 4.13. The molecule has 0 radical (unpaired) electrons. The summed E-state index contributed by atoms with van der Waals surface area (Å²) < 4.78 is 1.76. The average Bonchev–Trinajstić information content (AvgIpc) is 2.40. The van der Waals surface area contributed by atoms with Crippen molar-refractivity contribution in [3.05, 3.63) is 57.0 Å². The van der Waals surface area contributed by atoms with Crippen LogP contribution in [0.4, 0.5) is 0 Å². The first kappa shape index (κ1) is 14.3. The fourth-order valence-corrected chi connectivity index (χ4v) is 2.30. The Bertz CT molecular complexity index is 717. The number of carboxylic acids is 1. The van der Waals surface area contributed by atoms with E-state index >= 15 is 0 Å². The number of carboxylic acid groups (broad SMARTS) is 1. The van der Waals surface area contributed by atoms with Crippen LogP contribution in [-0.2, 0) is 6.54 Å². The first-order valence-electron chi connectivity index (χ1n) is 6.19. The minimum absolute atomic E-state index is 0.181. The first-order chi connectivity index (χ1) is 9.45. The van der Waals surface area contributed by atoms with Crippen molar-refractivity contribution >= 4 is 17.6 Å². The van der Waals surface area contributed by atoms with Crippen LogP contribution in [0, 0.1) is 6.92 Å². The van der Waals surface area contributed by atoms with Crippen LogP contribution in [0.25, 0.3) is 11.1 Å². The van der Waals surface area contributed by atoms with E-state index in [9.17, 15) is 14.7 Å². The molecule has 0 bridgehead atoms. The molecule has 0 aliphatic rings. The number of nitrogens with zero attached hydrogens (tertiary/aromatic N) is 1. The zero-order chi connectivity index (χ0) is 14.9. The number of pyridine rings is 1. The summed E-state index contributed by atoms with van der Waals surface area (Å²) in [5, 5.41) is 9.81. The van der Waals surface area contributed by atoms with Gasteiger partial charge in [0.2, 0.25) is 5.43 Å². The molecular weight excluding hydrogens is 278 g/mol. The third-order valence-electron chi connectivity index (χ3n) is 3.26. The lowest BCUT2D eigenvalue weighted by molar-refractivity contribution is 0.0693. The monoisotopic (exact) mass is 291 g/mol. The van der Waals surface area contributed by atoms with Crippen molar-refractivity contribution in [1.82, 2.24) is 4.57 Å². The van der Waals surface area contributed by atoms with Crippen LogP contribution in [0.5, 0.6) is 0 Å². The molecule has 5 heteroatoms. The van der Waals surface area contributed by atoms with Gasteiger partial charge in [-0.2, -0.15) is 0 Å². The number of benzene rings is 1. The molecule has 0 atom stereocenters. The number of aromatic carboxylic acids is 1. The summed E-state index contributed by atoms with van der Waals surface area (Å²) in [5.74, 6) is -1.20. The Labute approximate surface area is 121 Å². The van der Waals surface area contributed by atoms with Gasteiger partial charge >= 0.3 is 5.97 Å². The van der Waals surface area contributed by atoms with Gasteiger partial charge in [-0.3, -0.25) is 4.79 Å². The van der Waals surface area contributed by atoms with E-state index in [1.807, 2.05) is 6.92 Å². The fourth-order valence-electron chi connectivity index (χ4n) is 2.17. The standard InChI is InChI=1S/C15H14ClNO3/c1-3-17-8-12(10-4-6-11(16)7-5-10)14(18)13(9(17)2)15(19)20/h4-8H,3H2,1-2H3,(H,19,20). The summed E-state index contributed by atoms with van der Waals surface area (Å²) in [6, 6.07) is 6.76. The molecule has 0 aliphatic heterocycles. The molecular formula is C15H14ClNO3. The van der Waals surface area contributed by atoms with Crippen LogP contribution in [0.1, 0.15) is 23.0 Å². The highest BCUT2D eigenvalue weighted by Gasteiger charge is 2.18. The average molecular weight is 292 g/mol. The molecule has 0 aliphatic carbocycles. The molecule has 20 heavy (non-hydrogen) atoms. The zero-order valence-electron chi connectivity index (χ0n) is 11.2. The molecule has 104 valence electrons. The number of carbonyl (C=O) groups is 1. The van der Waals surface area contributed by atoms with Crippen molar-refractivity contribution in [3.63, 3.8) is 0 Å². The Morgan fingerprint density at radius 2 is 1.90 bits per heavy atom. The van der Waals surface area contributed by atoms with Gasteiger partial charge in [0.1, 0.15) is 5.56 Å². The van der Waals surface area contributed by atoms with Gasteiger partial charge in [0.15, 0.2) is 0 Å². The van der Waals surface area contributed by atoms with E-state index in [-0.39, 0.29) is 5.56 Å². The lowest BCUT2D eigenvalue weighted by Gasteiger charge is -2.13. The largest absolute Gasteiger partial charge is 0.477 e. The lowest BCUT2D eigenvalue weighted by atomic mass is 10.0. The summed E-state index contributed by atoms with van der Waals surface area (Å²) in [7, 11) is 0. The minimum Gasteiger partial charge on any atom is -0.477 e. The van der Waals surface area contributed by atoms with E-state index in [2.05, 4.69) is 0 Å². The molecule has 1 aromatic carbocycles. The van der Waals surface area contributed by atoms with E-state index in [0.29, 0.717) is 28.4 Å². The van der Waals surface area contributed by atoms with E-state index in [1.54, 1.807) is 42.0 Å². The molecule has 1 aromatic heterocycles. The lowest BCUT2D eigenvalue weighted by Crippen LogP contribution is -2.23. The molecule has 2 aromatic rings. The molecule has 2 rings (SSSR count). The summed E-state index contributed by atoms with van der Waals surface area (Å²) in [6.07, 6.45) is 1.69. The van der Waals surface area contributed by atoms with Crippen molar-refractivity contribution in [2.24, 2.45) is 0 Å². The Hall–Kier alpha value is -2.07. The molecule has 0 spiro atoms. The number of halogens is 1. The second kappa shape index (κ2) is 5.51. The second-order valence-corrected chi connectivity index (χ2v) is 4.87. The highest BCUT2D eigenvalue weighted by atomic mass is 35.5. The van der Waals surface area contributed by atoms with E-state index in [1.165, 1.54) is 0 Å². The van der Waals surface area contributed by atoms with Gasteiger partial charge in [0.05, 0.1) is 0 Å². The number of aromatic nitrogens is 1. The second-order valence-electron chi connectivity index (χ2n) is 4.43. The Morgan fingerprint density at radius 3 is 2.40 bits per heavy atom. The molecule has 0 saturated carbocycles. The van der Waals surface area contributed by atoms with Gasteiger partial charge in [-0.25, -0.2) is 4.79 Å². The van der Waals surface area contributed by atoms with Crippen molar-refractivity contribution in [3.8, 4) is 11.1 Å².